The van der Waals surface area contributed by atoms with E-state index in [4.69, 9.17) is 4.74 Å². The van der Waals surface area contributed by atoms with Crippen LogP contribution in [-0.2, 0) is 10.0 Å². The van der Waals surface area contributed by atoms with E-state index in [0.717, 1.165) is 22.4 Å². The highest BCUT2D eigenvalue weighted by atomic mass is 32.2. The fourth-order valence-corrected chi connectivity index (χ4v) is 3.26. The smallest absolute Gasteiger partial charge is 0.276 e. The summed E-state index contributed by atoms with van der Waals surface area (Å²) < 4.78 is 29.8. The van der Waals surface area contributed by atoms with Crippen molar-refractivity contribution in [3.05, 3.63) is 95.1 Å². The molecule has 5 nitrogen and oxygen atoms in total. The average molecular weight is 404 g/mol. The summed E-state index contributed by atoms with van der Waals surface area (Å²) in [6.07, 6.45) is 1.45. The van der Waals surface area contributed by atoms with Gasteiger partial charge in [-0.05, 0) is 49.4 Å². The third-order valence-corrected chi connectivity index (χ3v) is 5.34. The van der Waals surface area contributed by atoms with Crippen LogP contribution in [0.2, 0.25) is 0 Å². The topological polar surface area (TPSA) is 67.8 Å². The number of benzene rings is 3. The minimum absolute atomic E-state index is 0.160. The van der Waals surface area contributed by atoms with Crippen LogP contribution in [0.25, 0.3) is 0 Å². The Morgan fingerprint density at radius 2 is 1.62 bits per heavy atom. The molecule has 0 fully saturated rings. The molecule has 0 atom stereocenters. The molecule has 0 aliphatic carbocycles. The average Bonchev–Trinajstić information content (AvgIpc) is 2.73. The number of hydrogen-bond donors (Lipinski definition) is 1. The lowest BCUT2D eigenvalue weighted by Crippen LogP contribution is -2.18. The van der Waals surface area contributed by atoms with Crippen LogP contribution in [0.3, 0.4) is 0 Å². The lowest BCUT2D eigenvalue weighted by Gasteiger charge is -2.04. The number of hydrogen-bond acceptors (Lipinski definition) is 4. The van der Waals surface area contributed by atoms with Crippen molar-refractivity contribution >= 4 is 16.2 Å². The summed E-state index contributed by atoms with van der Waals surface area (Å²) in [5, 5.41) is 3.90. The van der Waals surface area contributed by atoms with Crippen LogP contribution in [0, 0.1) is 18.8 Å². The van der Waals surface area contributed by atoms with Gasteiger partial charge in [0.2, 0.25) is 0 Å². The van der Waals surface area contributed by atoms with E-state index in [-0.39, 0.29) is 4.90 Å². The molecular weight excluding hydrogens is 384 g/mol. The van der Waals surface area contributed by atoms with Crippen LogP contribution in [0.15, 0.2) is 82.8 Å². The number of rotatable bonds is 5. The molecular formula is C23H20N2O3S. The molecule has 146 valence electrons. The number of ether oxygens (including phenoxy) is 1. The molecule has 0 spiro atoms. The first-order chi connectivity index (χ1) is 14.0. The molecule has 0 heterocycles. The maximum Gasteiger partial charge on any atom is 0.276 e. The fourth-order valence-electron chi connectivity index (χ4n) is 2.47. The summed E-state index contributed by atoms with van der Waals surface area (Å²) in [5.74, 6) is 6.95. The second-order valence-corrected chi connectivity index (χ2v) is 7.89. The third kappa shape index (κ3) is 5.47. The van der Waals surface area contributed by atoms with Gasteiger partial charge in [0.1, 0.15) is 5.75 Å². The van der Waals surface area contributed by atoms with Gasteiger partial charge in [-0.25, -0.2) is 4.83 Å². The second kappa shape index (κ2) is 9.09. The lowest BCUT2D eigenvalue weighted by atomic mass is 10.1. The van der Waals surface area contributed by atoms with Gasteiger partial charge in [0.05, 0.1) is 18.2 Å². The summed E-state index contributed by atoms with van der Waals surface area (Å²) in [4.78, 5) is 2.40. The SMILES string of the molecule is COc1ccc(C#Cc2ccccc2/C=N/NS(=O)(=O)c2ccc(C)cc2)cc1. The number of aryl methyl sites for hydroxylation is 1. The third-order valence-electron chi connectivity index (χ3n) is 4.10. The molecule has 0 saturated carbocycles. The number of methoxy groups -OCH3 is 1. The fraction of sp³-hybridized carbons (Fsp3) is 0.0870. The van der Waals surface area contributed by atoms with Gasteiger partial charge < -0.3 is 4.74 Å². The summed E-state index contributed by atoms with van der Waals surface area (Å²) in [7, 11) is -2.10. The number of nitrogens with one attached hydrogen (secondary N) is 1. The Kier molecular flexibility index (Phi) is 6.32. The van der Waals surface area contributed by atoms with E-state index in [2.05, 4.69) is 21.8 Å². The molecule has 0 saturated heterocycles. The monoisotopic (exact) mass is 404 g/mol. The summed E-state index contributed by atoms with van der Waals surface area (Å²) in [5.41, 5.74) is 3.27. The normalized spacial score (nSPS) is 11.0. The van der Waals surface area contributed by atoms with E-state index >= 15 is 0 Å². The Bertz CT molecular complexity index is 1170. The molecule has 0 aromatic heterocycles. The summed E-state index contributed by atoms with van der Waals surface area (Å²) in [6, 6.07) is 21.4. The van der Waals surface area contributed by atoms with Gasteiger partial charge in [-0.3, -0.25) is 0 Å². The highest BCUT2D eigenvalue weighted by Gasteiger charge is 2.11. The van der Waals surface area contributed by atoms with Crippen molar-refractivity contribution in [1.82, 2.24) is 4.83 Å². The molecule has 3 aromatic rings. The quantitative estimate of drug-likeness (QED) is 0.400. The lowest BCUT2D eigenvalue weighted by molar-refractivity contribution is 0.415. The van der Waals surface area contributed by atoms with Gasteiger partial charge in [-0.2, -0.15) is 13.5 Å². The molecule has 0 aliphatic rings. The van der Waals surface area contributed by atoms with Crippen LogP contribution in [0.5, 0.6) is 5.75 Å². The first kappa shape index (κ1) is 20.2. The molecule has 3 rings (SSSR count). The maximum absolute atomic E-state index is 12.3. The zero-order valence-corrected chi connectivity index (χ0v) is 16.9. The Labute approximate surface area is 171 Å². The Morgan fingerprint density at radius 3 is 2.31 bits per heavy atom. The Balaban J connectivity index is 1.77. The number of nitrogens with zero attached hydrogens (tertiary/aromatic N) is 1. The predicted molar refractivity (Wildman–Crippen MR) is 115 cm³/mol. The van der Waals surface area contributed by atoms with Crippen LogP contribution in [0.4, 0.5) is 0 Å². The van der Waals surface area contributed by atoms with Gasteiger partial charge in [-0.15, -0.1) is 0 Å². The summed E-state index contributed by atoms with van der Waals surface area (Å²) in [6.45, 7) is 1.89. The molecule has 0 unspecified atom stereocenters. The van der Waals surface area contributed by atoms with Crippen molar-refractivity contribution in [3.8, 4) is 17.6 Å². The van der Waals surface area contributed by atoms with E-state index < -0.39 is 10.0 Å². The molecule has 29 heavy (non-hydrogen) atoms. The van der Waals surface area contributed by atoms with Crippen molar-refractivity contribution < 1.29 is 13.2 Å². The zero-order chi connectivity index (χ0) is 20.7. The van der Waals surface area contributed by atoms with Crippen LogP contribution in [0.1, 0.15) is 22.3 Å². The van der Waals surface area contributed by atoms with Gasteiger partial charge >= 0.3 is 0 Å². The molecule has 0 radical (unpaired) electrons. The van der Waals surface area contributed by atoms with Gasteiger partial charge in [-0.1, -0.05) is 47.7 Å². The standard InChI is InChI=1S/C23H20N2O3S/c1-18-7-15-23(16-8-18)29(26,27)25-24-17-21-6-4-3-5-20(21)12-9-19-10-13-22(28-2)14-11-19/h3-8,10-11,13-17,25H,1-2H3/b24-17+. The van der Waals surface area contributed by atoms with Crippen molar-refractivity contribution in [2.75, 3.05) is 7.11 Å². The van der Waals surface area contributed by atoms with Crippen molar-refractivity contribution in [2.45, 2.75) is 11.8 Å². The highest BCUT2D eigenvalue weighted by molar-refractivity contribution is 7.89. The minimum atomic E-state index is -3.72. The van der Waals surface area contributed by atoms with E-state index in [1.165, 1.54) is 6.21 Å². The van der Waals surface area contributed by atoms with Gasteiger partial charge in [0.25, 0.3) is 10.0 Å². The predicted octanol–water partition coefficient (Wildman–Crippen LogP) is 3.72. The van der Waals surface area contributed by atoms with Crippen molar-refractivity contribution in [1.29, 1.82) is 0 Å². The molecule has 0 amide bonds. The van der Waals surface area contributed by atoms with Gasteiger partial charge in [0, 0.05) is 16.7 Å². The van der Waals surface area contributed by atoms with Crippen LogP contribution >= 0.6 is 0 Å². The first-order valence-electron chi connectivity index (χ1n) is 8.84. The summed E-state index contributed by atoms with van der Waals surface area (Å²) >= 11 is 0. The highest BCUT2D eigenvalue weighted by Crippen LogP contribution is 2.12. The minimum Gasteiger partial charge on any atom is -0.497 e. The molecule has 1 N–H and O–H groups in total. The van der Waals surface area contributed by atoms with Crippen molar-refractivity contribution in [2.24, 2.45) is 5.10 Å². The molecule has 0 aliphatic heterocycles. The Hall–Kier alpha value is -3.56. The molecule has 3 aromatic carbocycles. The molecule has 6 heteroatoms. The van der Waals surface area contributed by atoms with Crippen LogP contribution < -0.4 is 9.57 Å². The zero-order valence-electron chi connectivity index (χ0n) is 16.1. The van der Waals surface area contributed by atoms with E-state index in [1.807, 2.05) is 55.5 Å². The van der Waals surface area contributed by atoms with E-state index in [1.54, 1.807) is 31.4 Å². The largest absolute Gasteiger partial charge is 0.497 e. The Morgan fingerprint density at radius 1 is 0.931 bits per heavy atom. The van der Waals surface area contributed by atoms with Gasteiger partial charge in [0.15, 0.2) is 0 Å². The first-order valence-corrected chi connectivity index (χ1v) is 10.3. The maximum atomic E-state index is 12.3. The van der Waals surface area contributed by atoms with E-state index in [9.17, 15) is 8.42 Å². The van der Waals surface area contributed by atoms with Crippen LogP contribution in [-0.4, -0.2) is 21.7 Å². The second-order valence-electron chi connectivity index (χ2n) is 6.23. The molecule has 0 bridgehead atoms. The van der Waals surface area contributed by atoms with Crippen molar-refractivity contribution in [3.63, 3.8) is 0 Å². The number of hydrazone groups is 1. The number of sulfonamides is 1. The van der Waals surface area contributed by atoms with E-state index in [0.29, 0.717) is 5.56 Å².